The van der Waals surface area contributed by atoms with E-state index < -0.39 is 6.17 Å². The monoisotopic (exact) mass is 332 g/mol. The van der Waals surface area contributed by atoms with Crippen molar-refractivity contribution in [2.75, 3.05) is 10.2 Å². The van der Waals surface area contributed by atoms with Crippen LogP contribution in [0.4, 0.5) is 15.8 Å². The highest BCUT2D eigenvalue weighted by Gasteiger charge is 2.33. The quantitative estimate of drug-likeness (QED) is 0.723. The average molecular weight is 332 g/mol. The van der Waals surface area contributed by atoms with E-state index in [1.54, 1.807) is 17.0 Å². The lowest BCUT2D eigenvalue weighted by Crippen LogP contribution is -2.43. The largest absolute Gasteiger partial charge is 0.360 e. The minimum atomic E-state index is -0.397. The molecule has 1 aliphatic heterocycles. The summed E-state index contributed by atoms with van der Waals surface area (Å²) in [5, 5.41) is 3.41. The van der Waals surface area contributed by atoms with Gasteiger partial charge in [-0.15, -0.1) is 0 Å². The molecule has 25 heavy (non-hydrogen) atoms. The van der Waals surface area contributed by atoms with Crippen molar-refractivity contribution in [1.82, 2.24) is 0 Å². The fourth-order valence-corrected chi connectivity index (χ4v) is 3.10. The summed E-state index contributed by atoms with van der Waals surface area (Å²) < 4.78 is 13.3. The smallest absolute Gasteiger partial charge is 0.262 e. The topological polar surface area (TPSA) is 32.3 Å². The van der Waals surface area contributed by atoms with Crippen LogP contribution in [0.25, 0.3) is 0 Å². The fraction of sp³-hybridized carbons (Fsp3) is 0.0952. The number of para-hydroxylation sites is 1. The maximum absolute atomic E-state index is 13.3. The Labute approximate surface area is 145 Å². The molecule has 4 rings (SSSR count). The first-order chi connectivity index (χ1) is 12.1. The summed E-state index contributed by atoms with van der Waals surface area (Å²) >= 11 is 0. The molecule has 0 saturated heterocycles. The van der Waals surface area contributed by atoms with Gasteiger partial charge in [-0.05, 0) is 48.9 Å². The third kappa shape index (κ3) is 2.76. The Balaban J connectivity index is 1.85. The number of aryl methyl sites for hydroxylation is 1. The van der Waals surface area contributed by atoms with E-state index in [0.29, 0.717) is 5.56 Å². The first kappa shape index (κ1) is 15.4. The Morgan fingerprint density at radius 1 is 0.920 bits per heavy atom. The van der Waals surface area contributed by atoms with Crippen molar-refractivity contribution in [1.29, 1.82) is 0 Å². The van der Waals surface area contributed by atoms with E-state index in [1.165, 1.54) is 12.1 Å². The summed E-state index contributed by atoms with van der Waals surface area (Å²) in [6.07, 6.45) is -0.397. The summed E-state index contributed by atoms with van der Waals surface area (Å²) in [5.74, 6) is -0.374. The number of amides is 1. The van der Waals surface area contributed by atoms with Crippen LogP contribution in [0.1, 0.15) is 27.7 Å². The zero-order valence-electron chi connectivity index (χ0n) is 13.7. The predicted molar refractivity (Wildman–Crippen MR) is 97.2 cm³/mol. The van der Waals surface area contributed by atoms with Gasteiger partial charge in [-0.25, -0.2) is 4.39 Å². The van der Waals surface area contributed by atoms with Gasteiger partial charge in [-0.2, -0.15) is 0 Å². The number of rotatable bonds is 2. The number of halogens is 1. The third-order valence-corrected chi connectivity index (χ3v) is 4.42. The van der Waals surface area contributed by atoms with Crippen LogP contribution in [-0.4, -0.2) is 5.91 Å². The van der Waals surface area contributed by atoms with Crippen molar-refractivity contribution in [2.45, 2.75) is 13.1 Å². The third-order valence-electron chi connectivity index (χ3n) is 4.42. The molecular formula is C21H17FN2O. The number of fused-ring (bicyclic) bond motifs is 1. The number of hydrogen-bond acceptors (Lipinski definition) is 2. The van der Waals surface area contributed by atoms with Gasteiger partial charge in [0.1, 0.15) is 12.0 Å². The minimum absolute atomic E-state index is 0.0764. The lowest BCUT2D eigenvalue weighted by Gasteiger charge is -2.38. The van der Waals surface area contributed by atoms with E-state index in [0.717, 1.165) is 22.5 Å². The summed E-state index contributed by atoms with van der Waals surface area (Å²) in [6.45, 7) is 2.01. The van der Waals surface area contributed by atoms with Gasteiger partial charge in [-0.1, -0.05) is 42.0 Å². The van der Waals surface area contributed by atoms with Crippen LogP contribution in [0.2, 0.25) is 0 Å². The molecule has 1 amide bonds. The first-order valence-electron chi connectivity index (χ1n) is 8.15. The Hall–Kier alpha value is -3.14. The van der Waals surface area contributed by atoms with Gasteiger partial charge in [-0.3, -0.25) is 9.69 Å². The van der Waals surface area contributed by atoms with Crippen molar-refractivity contribution >= 4 is 17.3 Å². The fourth-order valence-electron chi connectivity index (χ4n) is 3.10. The minimum Gasteiger partial charge on any atom is -0.360 e. The van der Waals surface area contributed by atoms with Crippen LogP contribution in [0.3, 0.4) is 0 Å². The molecule has 3 nitrogen and oxygen atoms in total. The zero-order valence-corrected chi connectivity index (χ0v) is 13.7. The van der Waals surface area contributed by atoms with Gasteiger partial charge in [0.25, 0.3) is 5.91 Å². The van der Waals surface area contributed by atoms with Crippen LogP contribution >= 0.6 is 0 Å². The number of hydrogen-bond donors (Lipinski definition) is 1. The summed E-state index contributed by atoms with van der Waals surface area (Å²) in [5.41, 5.74) is 4.16. The predicted octanol–water partition coefficient (Wildman–Crippen LogP) is 4.91. The standard InChI is InChI=1S/C21H17FN2O/c1-14-6-12-17(13-7-14)24-20(15-8-10-16(22)11-9-15)23-19-5-3-2-4-18(19)21(24)25/h2-13,20,23H,1H3/t20-/m1/s1. The summed E-state index contributed by atoms with van der Waals surface area (Å²) in [7, 11) is 0. The van der Waals surface area contributed by atoms with E-state index in [9.17, 15) is 9.18 Å². The van der Waals surface area contributed by atoms with E-state index in [4.69, 9.17) is 0 Å². The molecular weight excluding hydrogens is 315 g/mol. The van der Waals surface area contributed by atoms with Gasteiger partial charge in [0.05, 0.1) is 5.56 Å². The maximum atomic E-state index is 13.3. The molecule has 0 aromatic heterocycles. The maximum Gasteiger partial charge on any atom is 0.262 e. The number of carbonyl (C=O) groups is 1. The molecule has 0 saturated carbocycles. The lowest BCUT2D eigenvalue weighted by atomic mass is 10.0. The van der Waals surface area contributed by atoms with E-state index in [-0.39, 0.29) is 11.7 Å². The highest BCUT2D eigenvalue weighted by Crippen LogP contribution is 2.36. The summed E-state index contributed by atoms with van der Waals surface area (Å²) in [4.78, 5) is 14.9. The molecule has 0 radical (unpaired) electrons. The van der Waals surface area contributed by atoms with Gasteiger partial charge >= 0.3 is 0 Å². The van der Waals surface area contributed by atoms with Gasteiger partial charge in [0.2, 0.25) is 0 Å². The molecule has 3 aromatic carbocycles. The highest BCUT2D eigenvalue weighted by molar-refractivity contribution is 6.12. The second-order valence-electron chi connectivity index (χ2n) is 6.15. The molecule has 1 N–H and O–H groups in total. The van der Waals surface area contributed by atoms with Crippen LogP contribution < -0.4 is 10.2 Å². The molecule has 0 bridgehead atoms. The molecule has 0 aliphatic carbocycles. The van der Waals surface area contributed by atoms with Crippen molar-refractivity contribution in [3.8, 4) is 0 Å². The van der Waals surface area contributed by atoms with Crippen molar-refractivity contribution in [3.63, 3.8) is 0 Å². The van der Waals surface area contributed by atoms with E-state index in [2.05, 4.69) is 5.32 Å². The molecule has 124 valence electrons. The highest BCUT2D eigenvalue weighted by atomic mass is 19.1. The molecule has 1 aliphatic rings. The molecule has 0 fully saturated rings. The molecule has 0 spiro atoms. The van der Waals surface area contributed by atoms with Crippen LogP contribution in [0.5, 0.6) is 0 Å². The average Bonchev–Trinajstić information content (AvgIpc) is 2.63. The van der Waals surface area contributed by atoms with Crippen LogP contribution in [0, 0.1) is 12.7 Å². The van der Waals surface area contributed by atoms with Crippen molar-refractivity contribution < 1.29 is 9.18 Å². The van der Waals surface area contributed by atoms with Crippen molar-refractivity contribution in [3.05, 3.63) is 95.3 Å². The Bertz CT molecular complexity index is 919. The Kier molecular flexibility index (Phi) is 3.73. The zero-order chi connectivity index (χ0) is 17.4. The second kappa shape index (κ2) is 6.06. The molecule has 3 aromatic rings. The first-order valence-corrected chi connectivity index (χ1v) is 8.15. The normalized spacial score (nSPS) is 16.3. The van der Waals surface area contributed by atoms with Gasteiger partial charge < -0.3 is 5.32 Å². The number of carbonyl (C=O) groups excluding carboxylic acids is 1. The second-order valence-corrected chi connectivity index (χ2v) is 6.15. The number of benzene rings is 3. The number of nitrogens with one attached hydrogen (secondary N) is 1. The molecule has 0 unspecified atom stereocenters. The van der Waals surface area contributed by atoms with Crippen LogP contribution in [0.15, 0.2) is 72.8 Å². The SMILES string of the molecule is Cc1ccc(N2C(=O)c3ccccc3N[C@H]2c2ccc(F)cc2)cc1. The Morgan fingerprint density at radius 3 is 2.32 bits per heavy atom. The van der Waals surface area contributed by atoms with E-state index >= 15 is 0 Å². The van der Waals surface area contributed by atoms with E-state index in [1.807, 2.05) is 55.5 Å². The molecule has 1 heterocycles. The molecule has 4 heteroatoms. The lowest BCUT2D eigenvalue weighted by molar-refractivity contribution is 0.0975. The van der Waals surface area contributed by atoms with Gasteiger partial charge in [0.15, 0.2) is 0 Å². The van der Waals surface area contributed by atoms with Gasteiger partial charge in [0, 0.05) is 11.4 Å². The number of anilines is 2. The molecule has 1 atom stereocenters. The van der Waals surface area contributed by atoms with Crippen molar-refractivity contribution in [2.24, 2.45) is 0 Å². The summed E-state index contributed by atoms with van der Waals surface area (Å²) in [6, 6.07) is 21.5. The van der Waals surface area contributed by atoms with Crippen LogP contribution in [-0.2, 0) is 0 Å². The Morgan fingerprint density at radius 2 is 1.60 bits per heavy atom. The number of nitrogens with zero attached hydrogens (tertiary/aromatic N) is 1.